The van der Waals surface area contributed by atoms with E-state index < -0.39 is 0 Å². The molecule has 1 heterocycles. The van der Waals surface area contributed by atoms with Crippen LogP contribution in [0, 0.1) is 0 Å². The van der Waals surface area contributed by atoms with Crippen molar-refractivity contribution in [3.05, 3.63) is 35.4 Å². The number of aliphatic imine (C=N–C) groups is 1. The van der Waals surface area contributed by atoms with Crippen LogP contribution in [0.2, 0.25) is 0 Å². The zero-order valence-electron chi connectivity index (χ0n) is 15.5. The van der Waals surface area contributed by atoms with Gasteiger partial charge in [-0.25, -0.2) is 0 Å². The van der Waals surface area contributed by atoms with Gasteiger partial charge in [-0.1, -0.05) is 31.2 Å². The number of nitrogens with one attached hydrogen (secondary N) is 2. The van der Waals surface area contributed by atoms with Crippen molar-refractivity contribution in [1.82, 2.24) is 15.5 Å². The first-order valence-electron chi connectivity index (χ1n) is 9.03. The normalized spacial score (nSPS) is 15.0. The highest BCUT2D eigenvalue weighted by atomic mass is 127. The molecule has 0 saturated heterocycles. The van der Waals surface area contributed by atoms with Gasteiger partial charge in [0.15, 0.2) is 5.96 Å². The molecule has 1 amide bonds. The third-order valence-electron chi connectivity index (χ3n) is 4.39. The minimum atomic E-state index is 0. The summed E-state index contributed by atoms with van der Waals surface area (Å²) in [5.74, 6) is 0.983. The minimum Gasteiger partial charge on any atom is -0.357 e. The standard InChI is InChI=1S/C19H30N4O.HI/c1-4-15(3)22-18(24)10-12-21-19(20-5-2)23-13-11-16-8-6-7-9-17(16)14-23;/h6-9,15H,4-5,10-14H2,1-3H3,(H,20,21)(H,22,24);1H. The smallest absolute Gasteiger partial charge is 0.222 e. The summed E-state index contributed by atoms with van der Waals surface area (Å²) in [7, 11) is 0. The van der Waals surface area contributed by atoms with Gasteiger partial charge in [-0.15, -0.1) is 24.0 Å². The van der Waals surface area contributed by atoms with Gasteiger partial charge in [-0.3, -0.25) is 9.79 Å². The molecule has 2 N–H and O–H groups in total. The predicted molar refractivity (Wildman–Crippen MR) is 114 cm³/mol. The number of guanidine groups is 1. The second kappa shape index (κ2) is 11.3. The zero-order valence-corrected chi connectivity index (χ0v) is 17.9. The van der Waals surface area contributed by atoms with Gasteiger partial charge >= 0.3 is 0 Å². The summed E-state index contributed by atoms with van der Waals surface area (Å²) in [4.78, 5) is 18.8. The first kappa shape index (κ1) is 21.7. The van der Waals surface area contributed by atoms with E-state index in [1.165, 1.54) is 11.1 Å². The van der Waals surface area contributed by atoms with Crippen molar-refractivity contribution in [1.29, 1.82) is 0 Å². The second-order valence-corrected chi connectivity index (χ2v) is 6.30. The van der Waals surface area contributed by atoms with Crippen LogP contribution in [0.25, 0.3) is 0 Å². The number of nitrogens with zero attached hydrogens (tertiary/aromatic N) is 2. The van der Waals surface area contributed by atoms with Crippen LogP contribution in [0.1, 0.15) is 44.7 Å². The second-order valence-electron chi connectivity index (χ2n) is 6.30. The molecule has 6 heteroatoms. The van der Waals surface area contributed by atoms with Crippen LogP contribution in [0.3, 0.4) is 0 Å². The quantitative estimate of drug-likeness (QED) is 0.392. The number of hydrogen-bond donors (Lipinski definition) is 2. The summed E-state index contributed by atoms with van der Waals surface area (Å²) in [5.41, 5.74) is 2.79. The lowest BCUT2D eigenvalue weighted by Crippen LogP contribution is -2.44. The molecule has 1 unspecified atom stereocenters. The molecule has 1 atom stereocenters. The van der Waals surface area contributed by atoms with Gasteiger partial charge in [-0.2, -0.15) is 0 Å². The van der Waals surface area contributed by atoms with Crippen LogP contribution in [-0.2, 0) is 17.8 Å². The number of carbonyl (C=O) groups is 1. The van der Waals surface area contributed by atoms with Crippen molar-refractivity contribution < 1.29 is 4.79 Å². The van der Waals surface area contributed by atoms with Gasteiger partial charge in [0.05, 0.1) is 6.54 Å². The molecule has 1 aliphatic rings. The molecule has 0 radical (unpaired) electrons. The van der Waals surface area contributed by atoms with Crippen molar-refractivity contribution >= 4 is 35.8 Å². The zero-order chi connectivity index (χ0) is 17.4. The molecule has 1 aromatic carbocycles. The Kier molecular flexibility index (Phi) is 9.85. The number of carbonyl (C=O) groups excluding carboxylic acids is 1. The maximum Gasteiger partial charge on any atom is 0.222 e. The van der Waals surface area contributed by atoms with Crippen molar-refractivity contribution in [3.8, 4) is 0 Å². The number of fused-ring (bicyclic) bond motifs is 1. The van der Waals surface area contributed by atoms with Gasteiger partial charge < -0.3 is 15.5 Å². The summed E-state index contributed by atoms with van der Waals surface area (Å²) in [6.45, 7) is 9.35. The topological polar surface area (TPSA) is 56.7 Å². The number of benzene rings is 1. The summed E-state index contributed by atoms with van der Waals surface area (Å²) < 4.78 is 0. The van der Waals surface area contributed by atoms with Gasteiger partial charge in [0.2, 0.25) is 5.91 Å². The fourth-order valence-electron chi connectivity index (χ4n) is 2.81. The van der Waals surface area contributed by atoms with Gasteiger partial charge in [0.25, 0.3) is 0 Å². The molecule has 0 aliphatic carbocycles. The average Bonchev–Trinajstić information content (AvgIpc) is 2.60. The molecule has 0 aromatic heterocycles. The number of hydrogen-bond acceptors (Lipinski definition) is 2. The van der Waals surface area contributed by atoms with Crippen LogP contribution in [0.15, 0.2) is 29.3 Å². The first-order valence-corrected chi connectivity index (χ1v) is 9.03. The highest BCUT2D eigenvalue weighted by molar-refractivity contribution is 14.0. The van der Waals surface area contributed by atoms with Crippen molar-refractivity contribution in [2.45, 2.75) is 52.6 Å². The van der Waals surface area contributed by atoms with Crippen LogP contribution >= 0.6 is 24.0 Å². The Morgan fingerprint density at radius 2 is 2.00 bits per heavy atom. The maximum absolute atomic E-state index is 11.9. The Bertz CT molecular complexity index is 576. The molecule has 0 saturated carbocycles. The van der Waals surface area contributed by atoms with Crippen molar-refractivity contribution in [3.63, 3.8) is 0 Å². The molecule has 0 spiro atoms. The number of halogens is 1. The monoisotopic (exact) mass is 458 g/mol. The molecular formula is C19H31IN4O. The molecule has 25 heavy (non-hydrogen) atoms. The van der Waals surface area contributed by atoms with E-state index in [0.29, 0.717) is 13.0 Å². The highest BCUT2D eigenvalue weighted by Gasteiger charge is 2.18. The average molecular weight is 458 g/mol. The van der Waals surface area contributed by atoms with Gasteiger partial charge in [0, 0.05) is 32.1 Å². The Hall–Kier alpha value is -1.31. The highest BCUT2D eigenvalue weighted by Crippen LogP contribution is 2.18. The molecule has 140 valence electrons. The fourth-order valence-corrected chi connectivity index (χ4v) is 2.81. The van der Waals surface area contributed by atoms with Crippen LogP contribution in [0.5, 0.6) is 0 Å². The third-order valence-corrected chi connectivity index (χ3v) is 4.39. The Morgan fingerprint density at radius 1 is 1.28 bits per heavy atom. The SMILES string of the molecule is CCNC(=NCCC(=O)NC(C)CC)N1CCc2ccccc2C1.I. The molecule has 0 bridgehead atoms. The molecule has 0 fully saturated rings. The van der Waals surface area contributed by atoms with Gasteiger partial charge in [-0.05, 0) is 37.8 Å². The van der Waals surface area contributed by atoms with E-state index in [4.69, 9.17) is 0 Å². The summed E-state index contributed by atoms with van der Waals surface area (Å²) in [5, 5.41) is 6.34. The largest absolute Gasteiger partial charge is 0.357 e. The summed E-state index contributed by atoms with van der Waals surface area (Å²) in [6, 6.07) is 8.81. The summed E-state index contributed by atoms with van der Waals surface area (Å²) in [6.07, 6.45) is 2.42. The minimum absolute atomic E-state index is 0. The molecule has 2 rings (SSSR count). The van der Waals surface area contributed by atoms with Crippen LogP contribution < -0.4 is 10.6 Å². The summed E-state index contributed by atoms with van der Waals surface area (Å²) >= 11 is 0. The van der Waals surface area contributed by atoms with E-state index in [1.54, 1.807) is 0 Å². The van der Waals surface area contributed by atoms with Crippen LogP contribution in [0.4, 0.5) is 0 Å². The van der Waals surface area contributed by atoms with E-state index in [-0.39, 0.29) is 35.9 Å². The predicted octanol–water partition coefficient (Wildman–Crippen LogP) is 2.93. The van der Waals surface area contributed by atoms with E-state index in [9.17, 15) is 4.79 Å². The Balaban J connectivity index is 0.00000312. The molecule has 1 aliphatic heterocycles. The lowest BCUT2D eigenvalue weighted by atomic mass is 10.0. The molecule has 5 nitrogen and oxygen atoms in total. The van der Waals surface area contributed by atoms with Crippen LogP contribution in [-0.4, -0.2) is 42.4 Å². The molecule has 1 aromatic rings. The van der Waals surface area contributed by atoms with Gasteiger partial charge in [0.1, 0.15) is 0 Å². The Morgan fingerprint density at radius 3 is 2.68 bits per heavy atom. The number of rotatable bonds is 6. The van der Waals surface area contributed by atoms with Crippen molar-refractivity contribution in [2.75, 3.05) is 19.6 Å². The third kappa shape index (κ3) is 6.84. The fraction of sp³-hybridized carbons (Fsp3) is 0.579. The van der Waals surface area contributed by atoms with E-state index in [2.05, 4.69) is 58.6 Å². The first-order chi connectivity index (χ1) is 11.6. The lowest BCUT2D eigenvalue weighted by molar-refractivity contribution is -0.121. The van der Waals surface area contributed by atoms with E-state index >= 15 is 0 Å². The Labute approximate surface area is 168 Å². The van der Waals surface area contributed by atoms with Crippen molar-refractivity contribution in [2.24, 2.45) is 4.99 Å². The van der Waals surface area contributed by atoms with E-state index in [1.807, 2.05) is 6.92 Å². The number of amides is 1. The lowest BCUT2D eigenvalue weighted by Gasteiger charge is -2.31. The maximum atomic E-state index is 11.9. The molecular weight excluding hydrogens is 427 g/mol. The van der Waals surface area contributed by atoms with E-state index in [0.717, 1.165) is 38.4 Å².